The van der Waals surface area contributed by atoms with Crippen LogP contribution in [0, 0.1) is 11.8 Å². The number of aliphatic hydroxyl groups excluding tert-OH is 1. The molecule has 0 spiro atoms. The van der Waals surface area contributed by atoms with Crippen LogP contribution in [-0.2, 0) is 0 Å². The van der Waals surface area contributed by atoms with Crippen molar-refractivity contribution in [2.24, 2.45) is 11.8 Å². The average Bonchev–Trinajstić information content (AvgIpc) is 2.78. The maximum atomic E-state index is 9.55. The van der Waals surface area contributed by atoms with Crippen LogP contribution in [0.3, 0.4) is 0 Å². The first-order chi connectivity index (χ1) is 8.49. The minimum Gasteiger partial charge on any atom is -0.389 e. The van der Waals surface area contributed by atoms with Gasteiger partial charge in [-0.1, -0.05) is 31.5 Å². The van der Waals surface area contributed by atoms with Crippen molar-refractivity contribution in [2.45, 2.75) is 33.3 Å². The Morgan fingerprint density at radius 2 is 2.06 bits per heavy atom. The summed E-state index contributed by atoms with van der Waals surface area (Å²) in [6.07, 6.45) is 0.783. The van der Waals surface area contributed by atoms with Gasteiger partial charge in [0, 0.05) is 13.1 Å². The van der Waals surface area contributed by atoms with E-state index in [-0.39, 0.29) is 0 Å². The van der Waals surface area contributed by atoms with E-state index in [0.717, 1.165) is 41.2 Å². The van der Waals surface area contributed by atoms with Gasteiger partial charge in [0.05, 0.1) is 16.8 Å². The molecule has 1 aliphatic heterocycles. The molecule has 2 unspecified atom stereocenters. The third-order valence-electron chi connectivity index (χ3n) is 3.96. The number of hydrogen-bond acceptors (Lipinski definition) is 2. The van der Waals surface area contributed by atoms with Crippen LogP contribution in [0.25, 0.3) is 0 Å². The number of aliphatic hydroxyl groups is 1. The number of nitrogens with zero attached hydrogens (tertiary/aromatic N) is 1. The monoisotopic (exact) mass is 267 g/mol. The first-order valence-electron chi connectivity index (χ1n) is 6.71. The second-order valence-electron chi connectivity index (χ2n) is 5.63. The highest BCUT2D eigenvalue weighted by molar-refractivity contribution is 6.33. The van der Waals surface area contributed by atoms with Gasteiger partial charge in [0.15, 0.2) is 0 Å². The third-order valence-corrected chi connectivity index (χ3v) is 4.27. The fraction of sp³-hybridized carbons (Fsp3) is 0.600. The molecule has 1 saturated heterocycles. The minimum absolute atomic E-state index is 0.460. The highest BCUT2D eigenvalue weighted by Crippen LogP contribution is 2.34. The van der Waals surface area contributed by atoms with Crippen molar-refractivity contribution in [3.05, 3.63) is 28.8 Å². The van der Waals surface area contributed by atoms with Gasteiger partial charge >= 0.3 is 0 Å². The molecule has 100 valence electrons. The summed E-state index contributed by atoms with van der Waals surface area (Å²) < 4.78 is 0. The zero-order valence-corrected chi connectivity index (χ0v) is 12.1. The molecule has 1 aromatic rings. The van der Waals surface area contributed by atoms with E-state index in [0.29, 0.717) is 0 Å². The lowest BCUT2D eigenvalue weighted by molar-refractivity contribution is 0.199. The molecule has 0 amide bonds. The van der Waals surface area contributed by atoms with Gasteiger partial charge in [0.2, 0.25) is 0 Å². The normalized spacial score (nSPS) is 21.7. The van der Waals surface area contributed by atoms with Gasteiger partial charge < -0.3 is 10.0 Å². The van der Waals surface area contributed by atoms with E-state index in [4.69, 9.17) is 11.6 Å². The van der Waals surface area contributed by atoms with E-state index in [1.54, 1.807) is 6.92 Å². The van der Waals surface area contributed by atoms with Crippen molar-refractivity contribution < 1.29 is 5.11 Å². The fourth-order valence-corrected chi connectivity index (χ4v) is 2.90. The van der Waals surface area contributed by atoms with Crippen LogP contribution >= 0.6 is 11.6 Å². The summed E-state index contributed by atoms with van der Waals surface area (Å²) in [5.41, 5.74) is 1.98. The number of anilines is 1. The molecule has 2 rings (SSSR count). The van der Waals surface area contributed by atoms with Crippen molar-refractivity contribution >= 4 is 17.3 Å². The molecular weight excluding hydrogens is 246 g/mol. The maximum absolute atomic E-state index is 9.55. The standard InChI is InChI=1S/C15H22ClNO/c1-10(2)13-6-7-17(9-13)15-5-4-12(11(3)18)8-14(15)16/h4-5,8,10-11,13,18H,6-7,9H2,1-3H3. The summed E-state index contributed by atoms with van der Waals surface area (Å²) in [5, 5.41) is 10.3. The Bertz CT molecular complexity index is 417. The van der Waals surface area contributed by atoms with E-state index in [9.17, 15) is 5.11 Å². The molecule has 0 aliphatic carbocycles. The quantitative estimate of drug-likeness (QED) is 0.899. The minimum atomic E-state index is -0.460. The lowest BCUT2D eigenvalue weighted by atomic mass is 9.95. The van der Waals surface area contributed by atoms with Crippen LogP contribution < -0.4 is 4.90 Å². The molecule has 0 saturated carbocycles. The molecule has 1 aromatic carbocycles. The Morgan fingerprint density at radius 1 is 1.33 bits per heavy atom. The summed E-state index contributed by atoms with van der Waals surface area (Å²) in [5.74, 6) is 1.49. The summed E-state index contributed by atoms with van der Waals surface area (Å²) in [6, 6.07) is 5.88. The zero-order valence-electron chi connectivity index (χ0n) is 11.4. The first kappa shape index (κ1) is 13.7. The molecule has 3 heteroatoms. The van der Waals surface area contributed by atoms with Gasteiger partial charge in [0.1, 0.15) is 0 Å². The van der Waals surface area contributed by atoms with Crippen LogP contribution in [-0.4, -0.2) is 18.2 Å². The Morgan fingerprint density at radius 3 is 2.56 bits per heavy atom. The molecular formula is C15H22ClNO. The molecule has 1 fully saturated rings. The van der Waals surface area contributed by atoms with Crippen LogP contribution in [0.5, 0.6) is 0 Å². The van der Waals surface area contributed by atoms with Gasteiger partial charge in [-0.2, -0.15) is 0 Å². The summed E-state index contributed by atoms with van der Waals surface area (Å²) in [7, 11) is 0. The molecule has 1 aliphatic rings. The predicted octanol–water partition coefficient (Wildman–Crippen LogP) is 3.88. The van der Waals surface area contributed by atoms with Crippen molar-refractivity contribution in [3.63, 3.8) is 0 Å². The van der Waals surface area contributed by atoms with E-state index in [1.165, 1.54) is 6.42 Å². The lowest BCUT2D eigenvalue weighted by Gasteiger charge is -2.22. The first-order valence-corrected chi connectivity index (χ1v) is 7.09. The largest absolute Gasteiger partial charge is 0.389 e. The Kier molecular flexibility index (Phi) is 4.18. The topological polar surface area (TPSA) is 23.5 Å². The maximum Gasteiger partial charge on any atom is 0.0762 e. The van der Waals surface area contributed by atoms with Crippen LogP contribution in [0.4, 0.5) is 5.69 Å². The van der Waals surface area contributed by atoms with Crippen LogP contribution in [0.2, 0.25) is 5.02 Å². The predicted molar refractivity (Wildman–Crippen MR) is 77.2 cm³/mol. The Balaban J connectivity index is 2.15. The van der Waals surface area contributed by atoms with E-state index in [1.807, 2.05) is 18.2 Å². The summed E-state index contributed by atoms with van der Waals surface area (Å²) >= 11 is 6.33. The molecule has 1 N–H and O–H groups in total. The number of benzene rings is 1. The summed E-state index contributed by atoms with van der Waals surface area (Å²) in [6.45, 7) is 8.50. The van der Waals surface area contributed by atoms with E-state index >= 15 is 0 Å². The fourth-order valence-electron chi connectivity index (χ4n) is 2.59. The third kappa shape index (κ3) is 2.81. The summed E-state index contributed by atoms with van der Waals surface area (Å²) in [4.78, 5) is 2.36. The second kappa shape index (κ2) is 5.50. The lowest BCUT2D eigenvalue weighted by Crippen LogP contribution is -2.21. The molecule has 0 aromatic heterocycles. The van der Waals surface area contributed by atoms with Gasteiger partial charge in [-0.15, -0.1) is 0 Å². The van der Waals surface area contributed by atoms with Crippen molar-refractivity contribution in [2.75, 3.05) is 18.0 Å². The smallest absolute Gasteiger partial charge is 0.0762 e. The molecule has 0 bridgehead atoms. The van der Waals surface area contributed by atoms with Crippen molar-refractivity contribution in [1.82, 2.24) is 0 Å². The number of halogens is 1. The SMILES string of the molecule is CC(O)c1ccc(N2CCC(C(C)C)C2)c(Cl)c1. The second-order valence-corrected chi connectivity index (χ2v) is 6.03. The highest BCUT2D eigenvalue weighted by atomic mass is 35.5. The molecule has 1 heterocycles. The van der Waals surface area contributed by atoms with E-state index in [2.05, 4.69) is 18.7 Å². The molecule has 2 atom stereocenters. The van der Waals surface area contributed by atoms with Crippen LogP contribution in [0.15, 0.2) is 18.2 Å². The van der Waals surface area contributed by atoms with E-state index < -0.39 is 6.10 Å². The Hall–Kier alpha value is -0.730. The van der Waals surface area contributed by atoms with Gasteiger partial charge in [-0.05, 0) is 42.9 Å². The zero-order chi connectivity index (χ0) is 13.3. The average molecular weight is 268 g/mol. The molecule has 0 radical (unpaired) electrons. The molecule has 18 heavy (non-hydrogen) atoms. The number of rotatable bonds is 3. The van der Waals surface area contributed by atoms with Gasteiger partial charge in [-0.25, -0.2) is 0 Å². The van der Waals surface area contributed by atoms with Crippen molar-refractivity contribution in [1.29, 1.82) is 0 Å². The Labute approximate surface area is 115 Å². The van der Waals surface area contributed by atoms with Gasteiger partial charge in [-0.3, -0.25) is 0 Å². The van der Waals surface area contributed by atoms with Gasteiger partial charge in [0.25, 0.3) is 0 Å². The molecule has 2 nitrogen and oxygen atoms in total. The van der Waals surface area contributed by atoms with Crippen LogP contribution in [0.1, 0.15) is 38.9 Å². The highest BCUT2D eigenvalue weighted by Gasteiger charge is 2.26. The number of hydrogen-bond donors (Lipinski definition) is 1. The van der Waals surface area contributed by atoms with Crippen molar-refractivity contribution in [3.8, 4) is 0 Å².